The molecule has 7 heteroatoms. The summed E-state index contributed by atoms with van der Waals surface area (Å²) in [6, 6.07) is 11.4. The molecule has 0 atom stereocenters. The van der Waals surface area contributed by atoms with E-state index in [0.29, 0.717) is 24.6 Å². The van der Waals surface area contributed by atoms with Gasteiger partial charge in [-0.15, -0.1) is 0 Å². The maximum Gasteiger partial charge on any atom is 0.258 e. The van der Waals surface area contributed by atoms with Gasteiger partial charge in [-0.05, 0) is 36.8 Å². The van der Waals surface area contributed by atoms with Gasteiger partial charge in [-0.2, -0.15) is 0 Å². The number of H-pyrrole nitrogens is 1. The van der Waals surface area contributed by atoms with E-state index in [1.165, 1.54) is 0 Å². The molecule has 0 saturated heterocycles. The summed E-state index contributed by atoms with van der Waals surface area (Å²) in [7, 11) is 0. The van der Waals surface area contributed by atoms with Crippen molar-refractivity contribution in [2.45, 2.75) is 6.92 Å². The second-order valence-electron chi connectivity index (χ2n) is 6.35. The van der Waals surface area contributed by atoms with Crippen LogP contribution in [0.4, 0.5) is 5.69 Å². The summed E-state index contributed by atoms with van der Waals surface area (Å²) in [5.41, 5.74) is 5.13. The minimum absolute atomic E-state index is 0.211. The summed E-state index contributed by atoms with van der Waals surface area (Å²) < 4.78 is 0. The van der Waals surface area contributed by atoms with Crippen molar-refractivity contribution in [1.82, 2.24) is 20.2 Å². The SMILES string of the molecule is Cc1cccc2c1N=C(NC(=O)c1ccc3[nH]cnc3c1)N1CCN=C21. The van der Waals surface area contributed by atoms with Gasteiger partial charge in [0.25, 0.3) is 5.91 Å². The Morgan fingerprint density at radius 1 is 1.27 bits per heavy atom. The Morgan fingerprint density at radius 3 is 3.12 bits per heavy atom. The van der Waals surface area contributed by atoms with Crippen molar-refractivity contribution in [3.8, 4) is 0 Å². The Kier molecular flexibility index (Phi) is 3.15. The average Bonchev–Trinajstić information content (AvgIpc) is 3.31. The molecule has 128 valence electrons. The van der Waals surface area contributed by atoms with Crippen molar-refractivity contribution in [3.63, 3.8) is 0 Å². The van der Waals surface area contributed by atoms with E-state index < -0.39 is 0 Å². The second-order valence-corrected chi connectivity index (χ2v) is 6.35. The van der Waals surface area contributed by atoms with E-state index >= 15 is 0 Å². The van der Waals surface area contributed by atoms with Gasteiger partial charge < -0.3 is 4.98 Å². The molecule has 2 aliphatic rings. The van der Waals surface area contributed by atoms with Crippen LogP contribution < -0.4 is 5.32 Å². The van der Waals surface area contributed by atoms with Crippen LogP contribution in [0.2, 0.25) is 0 Å². The number of hydrogen-bond acceptors (Lipinski definition) is 5. The van der Waals surface area contributed by atoms with Crippen LogP contribution in [0.1, 0.15) is 21.5 Å². The third-order valence-electron chi connectivity index (χ3n) is 4.70. The molecule has 0 spiro atoms. The number of amidine groups is 1. The fourth-order valence-electron chi connectivity index (χ4n) is 3.38. The molecular formula is C19H16N6O. The number of imidazole rings is 1. The van der Waals surface area contributed by atoms with Gasteiger partial charge in [0, 0.05) is 17.7 Å². The third-order valence-corrected chi connectivity index (χ3v) is 4.70. The van der Waals surface area contributed by atoms with Crippen LogP contribution in [-0.4, -0.2) is 45.7 Å². The molecule has 1 aromatic heterocycles. The zero-order valence-electron chi connectivity index (χ0n) is 14.2. The molecule has 2 aromatic carbocycles. The lowest BCUT2D eigenvalue weighted by Crippen LogP contribution is -2.47. The van der Waals surface area contributed by atoms with Gasteiger partial charge in [-0.1, -0.05) is 12.1 Å². The number of aryl methyl sites for hydroxylation is 1. The molecule has 3 aromatic rings. The van der Waals surface area contributed by atoms with Crippen LogP contribution in [-0.2, 0) is 0 Å². The van der Waals surface area contributed by atoms with E-state index in [1.807, 2.05) is 36.1 Å². The third kappa shape index (κ3) is 2.21. The Hall–Kier alpha value is -3.48. The number of amides is 1. The number of aromatic nitrogens is 2. The monoisotopic (exact) mass is 344 g/mol. The van der Waals surface area contributed by atoms with Gasteiger partial charge in [0.2, 0.25) is 5.96 Å². The maximum absolute atomic E-state index is 12.8. The number of fused-ring (bicyclic) bond motifs is 4. The second kappa shape index (κ2) is 5.52. The molecule has 7 nitrogen and oxygen atoms in total. The molecule has 5 rings (SSSR count). The van der Waals surface area contributed by atoms with Crippen molar-refractivity contribution in [2.75, 3.05) is 13.1 Å². The molecule has 0 fully saturated rings. The minimum atomic E-state index is -0.211. The van der Waals surface area contributed by atoms with E-state index in [2.05, 4.69) is 20.3 Å². The number of nitrogens with one attached hydrogen (secondary N) is 2. The number of benzene rings is 2. The van der Waals surface area contributed by atoms with Crippen LogP contribution in [0.25, 0.3) is 11.0 Å². The molecule has 2 N–H and O–H groups in total. The van der Waals surface area contributed by atoms with Crippen molar-refractivity contribution in [3.05, 3.63) is 59.4 Å². The lowest BCUT2D eigenvalue weighted by molar-refractivity contribution is 0.0974. The normalized spacial score (nSPS) is 15.3. The number of rotatable bonds is 1. The van der Waals surface area contributed by atoms with Gasteiger partial charge in [0.1, 0.15) is 5.84 Å². The van der Waals surface area contributed by atoms with E-state index in [0.717, 1.165) is 33.7 Å². The van der Waals surface area contributed by atoms with Crippen molar-refractivity contribution < 1.29 is 4.79 Å². The summed E-state index contributed by atoms with van der Waals surface area (Å²) in [5.74, 6) is 1.18. The van der Waals surface area contributed by atoms with Crippen molar-refractivity contribution in [2.24, 2.45) is 9.98 Å². The molecule has 0 unspecified atom stereocenters. The highest BCUT2D eigenvalue weighted by atomic mass is 16.1. The van der Waals surface area contributed by atoms with Gasteiger partial charge in [0.05, 0.1) is 29.6 Å². The van der Waals surface area contributed by atoms with Crippen LogP contribution in [0, 0.1) is 6.92 Å². The summed E-state index contributed by atoms with van der Waals surface area (Å²) in [6.07, 6.45) is 1.62. The molecular weight excluding hydrogens is 328 g/mol. The standard InChI is InChI=1S/C19H16N6O/c1-11-3-2-4-13-16(11)23-19(25-8-7-20-17(13)25)24-18(26)12-5-6-14-15(9-12)22-10-21-14/h2-6,9-10H,7-8H2,1H3,(H,21,22)(H,23,24,26). The first-order chi connectivity index (χ1) is 12.7. The molecule has 26 heavy (non-hydrogen) atoms. The first kappa shape index (κ1) is 14.8. The highest BCUT2D eigenvalue weighted by Crippen LogP contribution is 2.31. The Morgan fingerprint density at radius 2 is 2.19 bits per heavy atom. The number of hydrogen-bond donors (Lipinski definition) is 2. The van der Waals surface area contributed by atoms with Crippen molar-refractivity contribution >= 4 is 34.4 Å². The number of carbonyl (C=O) groups is 1. The fourth-order valence-corrected chi connectivity index (χ4v) is 3.38. The summed E-state index contributed by atoms with van der Waals surface area (Å²) in [6.45, 7) is 3.41. The Labute approximate surface area is 149 Å². The summed E-state index contributed by atoms with van der Waals surface area (Å²) in [5, 5.41) is 2.95. The Balaban J connectivity index is 1.52. The largest absolute Gasteiger partial charge is 0.345 e. The zero-order chi connectivity index (χ0) is 17.7. The predicted octanol–water partition coefficient (Wildman–Crippen LogP) is 2.36. The first-order valence-corrected chi connectivity index (χ1v) is 8.46. The zero-order valence-corrected chi connectivity index (χ0v) is 14.2. The minimum Gasteiger partial charge on any atom is -0.345 e. The van der Waals surface area contributed by atoms with Crippen LogP contribution in [0.15, 0.2) is 52.7 Å². The van der Waals surface area contributed by atoms with Crippen molar-refractivity contribution in [1.29, 1.82) is 0 Å². The topological polar surface area (TPSA) is 85.7 Å². The summed E-state index contributed by atoms with van der Waals surface area (Å²) in [4.78, 5) is 31.3. The van der Waals surface area contributed by atoms with E-state index in [1.54, 1.807) is 18.5 Å². The molecule has 0 bridgehead atoms. The van der Waals surface area contributed by atoms with Crippen LogP contribution in [0.5, 0.6) is 0 Å². The highest BCUT2D eigenvalue weighted by molar-refractivity contribution is 6.19. The lowest BCUT2D eigenvalue weighted by Gasteiger charge is -2.28. The van der Waals surface area contributed by atoms with E-state index in [-0.39, 0.29) is 5.91 Å². The maximum atomic E-state index is 12.8. The number of nitrogens with zero attached hydrogens (tertiary/aromatic N) is 4. The molecule has 1 amide bonds. The molecule has 0 radical (unpaired) electrons. The molecule has 2 aliphatic heterocycles. The van der Waals surface area contributed by atoms with Gasteiger partial charge in [-0.25, -0.2) is 9.98 Å². The lowest BCUT2D eigenvalue weighted by atomic mass is 10.1. The smallest absolute Gasteiger partial charge is 0.258 e. The Bertz CT molecular complexity index is 1110. The molecule has 3 heterocycles. The number of carbonyl (C=O) groups excluding carboxylic acids is 1. The highest BCUT2D eigenvalue weighted by Gasteiger charge is 2.31. The number of guanidine groups is 1. The quantitative estimate of drug-likeness (QED) is 0.710. The fraction of sp³-hybridized carbons (Fsp3) is 0.158. The van der Waals surface area contributed by atoms with Gasteiger partial charge in [0.15, 0.2) is 0 Å². The summed E-state index contributed by atoms with van der Waals surface area (Å²) >= 11 is 0. The number of aromatic amines is 1. The molecule has 0 aliphatic carbocycles. The van der Waals surface area contributed by atoms with E-state index in [9.17, 15) is 4.79 Å². The van der Waals surface area contributed by atoms with Crippen LogP contribution in [0.3, 0.4) is 0 Å². The van der Waals surface area contributed by atoms with Crippen LogP contribution >= 0.6 is 0 Å². The average molecular weight is 344 g/mol. The van der Waals surface area contributed by atoms with Gasteiger partial charge >= 0.3 is 0 Å². The predicted molar refractivity (Wildman–Crippen MR) is 99.9 cm³/mol. The first-order valence-electron chi connectivity index (χ1n) is 8.46. The molecule has 0 saturated carbocycles. The number of para-hydroxylation sites is 1. The number of aliphatic imine (C=N–C) groups is 2. The van der Waals surface area contributed by atoms with E-state index in [4.69, 9.17) is 4.99 Å². The van der Waals surface area contributed by atoms with Gasteiger partial charge in [-0.3, -0.25) is 20.0 Å².